The summed E-state index contributed by atoms with van der Waals surface area (Å²) in [5, 5.41) is 0. The van der Waals surface area contributed by atoms with Crippen molar-refractivity contribution in [2.24, 2.45) is 0 Å². The van der Waals surface area contributed by atoms with Crippen LogP contribution >= 0.6 is 7.60 Å². The number of terminal acetylenes is 1. The molecule has 0 heterocycles. The second kappa shape index (κ2) is 6.18. The summed E-state index contributed by atoms with van der Waals surface area (Å²) in [5.41, 5.74) is 1.81. The van der Waals surface area contributed by atoms with Crippen molar-refractivity contribution in [2.45, 2.75) is 13.8 Å². The Balaban J connectivity index is 3.90. The molecule has 12 heavy (non-hydrogen) atoms. The highest BCUT2D eigenvalue weighted by Gasteiger charge is 2.24. The van der Waals surface area contributed by atoms with E-state index < -0.39 is 7.60 Å². The van der Waals surface area contributed by atoms with Crippen LogP contribution in [0.4, 0.5) is 0 Å². The van der Waals surface area contributed by atoms with Gasteiger partial charge >= 0.3 is 7.60 Å². The molecule has 0 bridgehead atoms. The summed E-state index contributed by atoms with van der Waals surface area (Å²) in [4.78, 5) is 8.75. The summed E-state index contributed by atoms with van der Waals surface area (Å²) >= 11 is 0. The maximum atomic E-state index is 11.2. The van der Waals surface area contributed by atoms with E-state index in [1.165, 1.54) is 0 Å². The van der Waals surface area contributed by atoms with Gasteiger partial charge in [-0.05, 0) is 13.8 Å². The minimum Gasteiger partial charge on any atom is -0.240 e. The normalized spacial score (nSPS) is 11.1. The van der Waals surface area contributed by atoms with E-state index in [1.54, 1.807) is 13.8 Å². The van der Waals surface area contributed by atoms with Crippen LogP contribution in [0.3, 0.4) is 0 Å². The topological polar surface area (TPSA) is 54.0 Å². The van der Waals surface area contributed by atoms with Gasteiger partial charge in [0.25, 0.3) is 0 Å². The summed E-state index contributed by atoms with van der Waals surface area (Å²) in [5.74, 6) is 0. The van der Waals surface area contributed by atoms with Gasteiger partial charge in [0.05, 0.1) is 13.2 Å². The van der Waals surface area contributed by atoms with Gasteiger partial charge in [-0.2, -0.15) is 0 Å². The van der Waals surface area contributed by atoms with Crippen LogP contribution in [0.1, 0.15) is 13.8 Å². The zero-order valence-electron chi connectivity index (χ0n) is 6.98. The molecule has 0 fully saturated rings. The van der Waals surface area contributed by atoms with E-state index in [0.717, 1.165) is 0 Å². The second-order valence-electron chi connectivity index (χ2n) is 1.59. The van der Waals surface area contributed by atoms with Crippen LogP contribution < -0.4 is 0 Å². The first-order valence-corrected chi connectivity index (χ1v) is 4.93. The molecule has 0 aliphatic rings. The van der Waals surface area contributed by atoms with Gasteiger partial charge in [0.15, 0.2) is 0 Å². The van der Waals surface area contributed by atoms with E-state index in [0.29, 0.717) is 0 Å². The van der Waals surface area contributed by atoms with E-state index in [-0.39, 0.29) is 13.2 Å². The van der Waals surface area contributed by atoms with Gasteiger partial charge < -0.3 is 0 Å². The van der Waals surface area contributed by atoms with Crippen LogP contribution in [-0.2, 0) is 23.7 Å². The Morgan fingerprint density at radius 2 is 1.67 bits per heavy atom. The number of hydrogen-bond acceptors (Lipinski definition) is 5. The minimum absolute atomic E-state index is 0.223. The van der Waals surface area contributed by atoms with Crippen molar-refractivity contribution < 1.29 is 23.7 Å². The fraction of sp³-hybridized carbons (Fsp3) is 0.667. The molecule has 0 aromatic rings. The molecule has 5 nitrogen and oxygen atoms in total. The van der Waals surface area contributed by atoms with Crippen molar-refractivity contribution in [3.05, 3.63) is 0 Å². The van der Waals surface area contributed by atoms with E-state index in [9.17, 15) is 4.57 Å². The van der Waals surface area contributed by atoms with Gasteiger partial charge in [-0.25, -0.2) is 14.3 Å². The molecular formula is C6H11O5P. The standard InChI is InChI=1S/C6H11O5P/c1-4-8-10-12(7,6-3)11-9-5-2/h3H,4-5H2,1-2H3. The molecule has 0 radical (unpaired) electrons. The largest absolute Gasteiger partial charge is 0.458 e. The highest BCUT2D eigenvalue weighted by molar-refractivity contribution is 7.59. The van der Waals surface area contributed by atoms with Gasteiger partial charge in [0, 0.05) is 5.66 Å². The average molecular weight is 194 g/mol. The Morgan fingerprint density at radius 3 is 1.92 bits per heavy atom. The lowest BCUT2D eigenvalue weighted by Crippen LogP contribution is -1.96. The molecule has 6 heteroatoms. The summed E-state index contributed by atoms with van der Waals surface area (Å²) in [6, 6.07) is 0. The Labute approximate surface area is 71.3 Å². The Hall–Kier alpha value is -0.370. The monoisotopic (exact) mass is 194 g/mol. The molecule has 70 valence electrons. The molecule has 0 saturated carbocycles. The van der Waals surface area contributed by atoms with Crippen LogP contribution in [0.25, 0.3) is 0 Å². The molecule has 0 aromatic carbocycles. The number of hydrogen-bond donors (Lipinski definition) is 0. The van der Waals surface area contributed by atoms with Gasteiger partial charge in [0.2, 0.25) is 0 Å². The van der Waals surface area contributed by atoms with Crippen molar-refractivity contribution in [3.63, 3.8) is 0 Å². The van der Waals surface area contributed by atoms with E-state index >= 15 is 0 Å². The third-order valence-corrected chi connectivity index (χ3v) is 1.62. The lowest BCUT2D eigenvalue weighted by molar-refractivity contribution is -0.260. The number of rotatable bonds is 6. The Kier molecular flexibility index (Phi) is 5.99. The first-order valence-electron chi connectivity index (χ1n) is 3.38. The smallest absolute Gasteiger partial charge is 0.240 e. The average Bonchev–Trinajstić information content (AvgIpc) is 2.11. The summed E-state index contributed by atoms with van der Waals surface area (Å²) in [6.07, 6.45) is 4.87. The predicted octanol–water partition coefficient (Wildman–Crippen LogP) is 1.71. The highest BCUT2D eigenvalue weighted by Crippen LogP contribution is 2.46. The van der Waals surface area contributed by atoms with Crippen LogP contribution in [0.15, 0.2) is 0 Å². The second-order valence-corrected chi connectivity index (χ2v) is 3.14. The minimum atomic E-state index is -3.65. The molecule has 0 saturated heterocycles. The molecule has 0 amide bonds. The Morgan fingerprint density at radius 1 is 1.25 bits per heavy atom. The molecule has 0 N–H and O–H groups in total. The fourth-order valence-electron chi connectivity index (χ4n) is 0.300. The lowest BCUT2D eigenvalue weighted by atomic mass is 10.9. The van der Waals surface area contributed by atoms with Crippen LogP contribution in [0.2, 0.25) is 0 Å². The van der Waals surface area contributed by atoms with Crippen molar-refractivity contribution in [1.82, 2.24) is 0 Å². The van der Waals surface area contributed by atoms with E-state index in [2.05, 4.69) is 19.1 Å². The van der Waals surface area contributed by atoms with Crippen LogP contribution in [-0.4, -0.2) is 13.2 Å². The van der Waals surface area contributed by atoms with Crippen LogP contribution in [0.5, 0.6) is 0 Å². The van der Waals surface area contributed by atoms with E-state index in [1.807, 2.05) is 5.66 Å². The molecular weight excluding hydrogens is 183 g/mol. The van der Waals surface area contributed by atoms with Crippen LogP contribution in [0, 0.1) is 12.1 Å². The predicted molar refractivity (Wildman–Crippen MR) is 41.9 cm³/mol. The molecule has 0 aromatic heterocycles. The van der Waals surface area contributed by atoms with E-state index in [4.69, 9.17) is 6.42 Å². The quantitative estimate of drug-likeness (QED) is 0.279. The maximum Gasteiger partial charge on any atom is 0.458 e. The lowest BCUT2D eigenvalue weighted by Gasteiger charge is -2.08. The first-order chi connectivity index (χ1) is 5.68. The molecule has 0 atom stereocenters. The molecule has 0 unspecified atom stereocenters. The summed E-state index contributed by atoms with van der Waals surface area (Å²) in [7, 11) is -3.65. The van der Waals surface area contributed by atoms with Gasteiger partial charge in [0.1, 0.15) is 0 Å². The van der Waals surface area contributed by atoms with Gasteiger partial charge in [-0.1, -0.05) is 0 Å². The highest BCUT2D eigenvalue weighted by atomic mass is 31.2. The summed E-state index contributed by atoms with van der Waals surface area (Å²) < 4.78 is 19.8. The van der Waals surface area contributed by atoms with Crippen molar-refractivity contribution >= 4 is 7.60 Å². The summed E-state index contributed by atoms with van der Waals surface area (Å²) in [6.45, 7) is 3.76. The zero-order chi connectivity index (χ0) is 9.45. The van der Waals surface area contributed by atoms with Gasteiger partial charge in [-0.3, -0.25) is 0 Å². The third-order valence-electron chi connectivity index (χ3n) is 0.695. The molecule has 0 aliphatic carbocycles. The van der Waals surface area contributed by atoms with Crippen molar-refractivity contribution in [2.75, 3.05) is 13.2 Å². The van der Waals surface area contributed by atoms with Crippen molar-refractivity contribution in [1.29, 1.82) is 0 Å². The molecule has 0 spiro atoms. The zero-order valence-corrected chi connectivity index (χ0v) is 7.87. The Bertz CT molecular complexity index is 185. The maximum absolute atomic E-state index is 11.2. The fourth-order valence-corrected chi connectivity index (χ4v) is 0.899. The SMILES string of the molecule is C#CP(=O)(OOCC)OOCC. The van der Waals surface area contributed by atoms with Gasteiger partial charge in [-0.15, -0.1) is 15.8 Å². The first kappa shape index (κ1) is 11.6. The molecule has 0 aliphatic heterocycles. The third kappa shape index (κ3) is 4.50. The van der Waals surface area contributed by atoms with Crippen molar-refractivity contribution in [3.8, 4) is 12.1 Å². The molecule has 0 rings (SSSR count).